The monoisotopic (exact) mass is 221 g/mol. The van der Waals surface area contributed by atoms with Crippen LogP contribution in [-0.4, -0.2) is 19.0 Å². The van der Waals surface area contributed by atoms with E-state index in [0.717, 1.165) is 22.0 Å². The Balaban J connectivity index is 2.28. The zero-order valence-corrected chi connectivity index (χ0v) is 9.26. The summed E-state index contributed by atoms with van der Waals surface area (Å²) in [6.07, 6.45) is 0. The average Bonchev–Trinajstić information content (AvgIpc) is 2.26. The van der Waals surface area contributed by atoms with Crippen LogP contribution in [-0.2, 0) is 0 Å². The van der Waals surface area contributed by atoms with E-state index in [4.69, 9.17) is 14.7 Å². The second-order valence-corrected chi connectivity index (χ2v) is 4.23. The number of aryl methyl sites for hydroxylation is 1. The van der Waals surface area contributed by atoms with Crippen molar-refractivity contribution in [3.8, 4) is 17.6 Å². The molecule has 1 aliphatic rings. The minimum Gasteiger partial charge on any atom is -0.486 e. The highest BCUT2D eigenvalue weighted by Crippen LogP contribution is 2.36. The summed E-state index contributed by atoms with van der Waals surface area (Å²) in [5, 5.41) is 8.53. The summed E-state index contributed by atoms with van der Waals surface area (Å²) in [5.74, 6) is 2.05. The maximum absolute atomic E-state index is 8.53. The van der Waals surface area contributed by atoms with Crippen molar-refractivity contribution in [1.29, 1.82) is 5.26 Å². The Morgan fingerprint density at radius 2 is 2.00 bits per heavy atom. The molecule has 0 aliphatic carbocycles. The number of thioether (sulfide) groups is 1. The molecule has 0 spiro atoms. The summed E-state index contributed by atoms with van der Waals surface area (Å²) in [5.41, 5.74) is 1.12. The van der Waals surface area contributed by atoms with E-state index in [-0.39, 0.29) is 0 Å². The van der Waals surface area contributed by atoms with Crippen LogP contribution in [0.2, 0.25) is 0 Å². The van der Waals surface area contributed by atoms with Gasteiger partial charge in [0.05, 0.1) is 11.8 Å². The molecule has 0 amide bonds. The van der Waals surface area contributed by atoms with Crippen LogP contribution >= 0.6 is 11.8 Å². The second kappa shape index (κ2) is 4.45. The standard InChI is InChI=1S/C11H11NO2S/c1-8-6-9-10(14-4-3-13-9)7-11(8)15-5-2-12/h6-7H,3-5H2,1H3. The van der Waals surface area contributed by atoms with Gasteiger partial charge < -0.3 is 9.47 Å². The van der Waals surface area contributed by atoms with Gasteiger partial charge >= 0.3 is 0 Å². The lowest BCUT2D eigenvalue weighted by molar-refractivity contribution is 0.171. The molecule has 0 bridgehead atoms. The number of benzene rings is 1. The van der Waals surface area contributed by atoms with Crippen molar-refractivity contribution in [3.63, 3.8) is 0 Å². The van der Waals surface area contributed by atoms with E-state index in [1.54, 1.807) is 0 Å². The molecule has 0 atom stereocenters. The Bertz CT molecular complexity index is 412. The lowest BCUT2D eigenvalue weighted by Crippen LogP contribution is -2.15. The van der Waals surface area contributed by atoms with Crippen molar-refractivity contribution in [2.45, 2.75) is 11.8 Å². The quantitative estimate of drug-likeness (QED) is 0.719. The number of ether oxygens (including phenoxy) is 2. The normalized spacial score (nSPS) is 13.3. The van der Waals surface area contributed by atoms with Crippen LogP contribution in [0.25, 0.3) is 0 Å². The Morgan fingerprint density at radius 3 is 2.67 bits per heavy atom. The van der Waals surface area contributed by atoms with Gasteiger partial charge in [0.1, 0.15) is 13.2 Å². The molecule has 2 rings (SSSR count). The van der Waals surface area contributed by atoms with Gasteiger partial charge in [-0.15, -0.1) is 11.8 Å². The van der Waals surface area contributed by atoms with E-state index in [2.05, 4.69) is 6.07 Å². The van der Waals surface area contributed by atoms with Gasteiger partial charge in [-0.2, -0.15) is 5.26 Å². The third kappa shape index (κ3) is 2.18. The fourth-order valence-electron chi connectivity index (χ4n) is 1.44. The molecular formula is C11H11NO2S. The zero-order chi connectivity index (χ0) is 10.7. The van der Waals surface area contributed by atoms with E-state index < -0.39 is 0 Å². The van der Waals surface area contributed by atoms with Crippen molar-refractivity contribution in [3.05, 3.63) is 17.7 Å². The Hall–Kier alpha value is -1.34. The van der Waals surface area contributed by atoms with Gasteiger partial charge in [0.15, 0.2) is 11.5 Å². The smallest absolute Gasteiger partial charge is 0.162 e. The van der Waals surface area contributed by atoms with Crippen molar-refractivity contribution in [2.24, 2.45) is 0 Å². The average molecular weight is 221 g/mol. The molecule has 15 heavy (non-hydrogen) atoms. The van der Waals surface area contributed by atoms with Crippen LogP contribution in [0.5, 0.6) is 11.5 Å². The summed E-state index contributed by atoms with van der Waals surface area (Å²) in [6, 6.07) is 6.03. The van der Waals surface area contributed by atoms with Crippen molar-refractivity contribution < 1.29 is 9.47 Å². The minimum atomic E-state index is 0.459. The van der Waals surface area contributed by atoms with E-state index in [0.29, 0.717) is 19.0 Å². The van der Waals surface area contributed by atoms with Gasteiger partial charge in [-0.1, -0.05) is 0 Å². The van der Waals surface area contributed by atoms with Crippen molar-refractivity contribution in [2.75, 3.05) is 19.0 Å². The number of rotatable bonds is 2. The summed E-state index contributed by atoms with van der Waals surface area (Å²) < 4.78 is 10.9. The summed E-state index contributed by atoms with van der Waals surface area (Å²) in [4.78, 5) is 1.08. The highest BCUT2D eigenvalue weighted by Gasteiger charge is 2.13. The molecule has 78 valence electrons. The SMILES string of the molecule is Cc1cc2c(cc1SCC#N)OCCO2. The molecule has 0 saturated carbocycles. The molecule has 1 aromatic rings. The Kier molecular flexibility index (Phi) is 3.02. The van der Waals surface area contributed by atoms with E-state index in [9.17, 15) is 0 Å². The van der Waals surface area contributed by atoms with Gasteiger partial charge in [0, 0.05) is 4.90 Å². The Labute approximate surface area is 93.0 Å². The number of nitriles is 1. The molecule has 0 unspecified atom stereocenters. The topological polar surface area (TPSA) is 42.2 Å². The first kappa shape index (κ1) is 10.2. The molecule has 1 heterocycles. The first-order valence-electron chi connectivity index (χ1n) is 4.71. The van der Waals surface area contributed by atoms with Gasteiger partial charge in [0.2, 0.25) is 0 Å². The molecule has 4 heteroatoms. The fourth-order valence-corrected chi connectivity index (χ4v) is 2.13. The maximum Gasteiger partial charge on any atom is 0.162 e. The van der Waals surface area contributed by atoms with E-state index in [1.165, 1.54) is 11.8 Å². The molecule has 0 aromatic heterocycles. The van der Waals surface area contributed by atoms with E-state index >= 15 is 0 Å². The van der Waals surface area contributed by atoms with Crippen LogP contribution in [0, 0.1) is 18.3 Å². The molecule has 1 aliphatic heterocycles. The maximum atomic E-state index is 8.53. The van der Waals surface area contributed by atoms with Gasteiger partial charge in [0.25, 0.3) is 0 Å². The van der Waals surface area contributed by atoms with Gasteiger partial charge in [-0.3, -0.25) is 0 Å². The molecule has 1 aromatic carbocycles. The minimum absolute atomic E-state index is 0.459. The van der Waals surface area contributed by atoms with Crippen LogP contribution in [0.4, 0.5) is 0 Å². The molecule has 0 fully saturated rings. The molecule has 0 N–H and O–H groups in total. The first-order valence-corrected chi connectivity index (χ1v) is 5.70. The third-order valence-electron chi connectivity index (χ3n) is 2.13. The largest absolute Gasteiger partial charge is 0.486 e. The van der Waals surface area contributed by atoms with Crippen molar-refractivity contribution >= 4 is 11.8 Å². The number of fused-ring (bicyclic) bond motifs is 1. The van der Waals surface area contributed by atoms with Gasteiger partial charge in [-0.25, -0.2) is 0 Å². The Morgan fingerprint density at radius 1 is 1.33 bits per heavy atom. The van der Waals surface area contributed by atoms with E-state index in [1.807, 2.05) is 19.1 Å². The van der Waals surface area contributed by atoms with Crippen LogP contribution in [0.15, 0.2) is 17.0 Å². The summed E-state index contributed by atoms with van der Waals surface area (Å²) in [7, 11) is 0. The lowest BCUT2D eigenvalue weighted by Gasteiger charge is -2.19. The zero-order valence-electron chi connectivity index (χ0n) is 8.45. The van der Waals surface area contributed by atoms with Gasteiger partial charge in [-0.05, 0) is 24.6 Å². The summed E-state index contributed by atoms with van der Waals surface area (Å²) >= 11 is 1.52. The highest BCUT2D eigenvalue weighted by atomic mass is 32.2. The van der Waals surface area contributed by atoms with Crippen LogP contribution in [0.3, 0.4) is 0 Å². The fraction of sp³-hybridized carbons (Fsp3) is 0.364. The molecule has 0 radical (unpaired) electrons. The van der Waals surface area contributed by atoms with Crippen LogP contribution in [0.1, 0.15) is 5.56 Å². The predicted molar refractivity (Wildman–Crippen MR) is 58.5 cm³/mol. The summed E-state index contributed by atoms with van der Waals surface area (Å²) in [6.45, 7) is 3.22. The number of hydrogen-bond donors (Lipinski definition) is 0. The predicted octanol–water partition coefficient (Wildman–Crippen LogP) is 2.38. The second-order valence-electron chi connectivity index (χ2n) is 3.21. The first-order chi connectivity index (χ1) is 7.31. The van der Waals surface area contributed by atoms with Crippen LogP contribution < -0.4 is 9.47 Å². The highest BCUT2D eigenvalue weighted by molar-refractivity contribution is 7.99. The molecule has 0 saturated heterocycles. The van der Waals surface area contributed by atoms with Crippen molar-refractivity contribution in [1.82, 2.24) is 0 Å². The lowest BCUT2D eigenvalue weighted by atomic mass is 10.2. The molecule has 3 nitrogen and oxygen atoms in total. The number of hydrogen-bond acceptors (Lipinski definition) is 4. The number of nitrogens with zero attached hydrogens (tertiary/aromatic N) is 1. The molecular weight excluding hydrogens is 210 g/mol. The third-order valence-corrected chi connectivity index (χ3v) is 3.16.